The van der Waals surface area contributed by atoms with Gasteiger partial charge in [0.15, 0.2) is 5.16 Å². The maximum atomic E-state index is 5.49. The lowest BCUT2D eigenvalue weighted by atomic mass is 10.6. The van der Waals surface area contributed by atoms with Crippen LogP contribution in [0.25, 0.3) is 0 Å². The molecule has 0 radical (unpaired) electrons. The average molecular weight is 151 g/mol. The standard InChI is InChI=1S/C4H4Cl2N2/c5-3-4(6)8-2-1-7-3/h1,8H,2H2. The summed E-state index contributed by atoms with van der Waals surface area (Å²) in [6.45, 7) is 0.662. The predicted molar refractivity (Wildman–Crippen MR) is 35.2 cm³/mol. The number of hydrogen-bond donors (Lipinski definition) is 1. The first-order valence-electron chi connectivity index (χ1n) is 2.12. The minimum Gasteiger partial charge on any atom is -0.368 e. The first kappa shape index (κ1) is 5.92. The normalized spacial score (nSPS) is 18.8. The second-order valence-electron chi connectivity index (χ2n) is 1.30. The molecule has 0 atom stereocenters. The van der Waals surface area contributed by atoms with Crippen molar-refractivity contribution < 1.29 is 0 Å². The molecule has 0 fully saturated rings. The quantitative estimate of drug-likeness (QED) is 0.518. The Labute approximate surface area is 57.2 Å². The van der Waals surface area contributed by atoms with Gasteiger partial charge >= 0.3 is 0 Å². The van der Waals surface area contributed by atoms with Crippen LogP contribution in [0.1, 0.15) is 0 Å². The Kier molecular flexibility index (Phi) is 1.76. The Morgan fingerprint density at radius 2 is 2.38 bits per heavy atom. The highest BCUT2D eigenvalue weighted by Crippen LogP contribution is 2.13. The molecule has 1 aliphatic heterocycles. The van der Waals surface area contributed by atoms with Crippen LogP contribution in [-0.4, -0.2) is 12.8 Å². The molecule has 0 aliphatic carbocycles. The van der Waals surface area contributed by atoms with Gasteiger partial charge in [0.2, 0.25) is 0 Å². The largest absolute Gasteiger partial charge is 0.368 e. The zero-order chi connectivity index (χ0) is 5.98. The van der Waals surface area contributed by atoms with Crippen molar-refractivity contribution in [3.05, 3.63) is 10.3 Å². The molecule has 1 aliphatic rings. The Hall–Kier alpha value is -0.210. The Morgan fingerprint density at radius 3 is 2.75 bits per heavy atom. The summed E-state index contributed by atoms with van der Waals surface area (Å²) in [5.74, 6) is 0. The summed E-state index contributed by atoms with van der Waals surface area (Å²) in [6, 6.07) is 0. The third kappa shape index (κ3) is 1.14. The van der Waals surface area contributed by atoms with Gasteiger partial charge in [0, 0.05) is 6.21 Å². The van der Waals surface area contributed by atoms with Crippen molar-refractivity contribution in [2.45, 2.75) is 0 Å². The Bertz CT molecular complexity index is 150. The number of nitrogens with zero attached hydrogens (tertiary/aromatic N) is 1. The van der Waals surface area contributed by atoms with Gasteiger partial charge in [-0.05, 0) is 0 Å². The summed E-state index contributed by atoms with van der Waals surface area (Å²) in [4.78, 5) is 3.74. The fraction of sp³-hybridized carbons (Fsp3) is 0.250. The lowest BCUT2D eigenvalue weighted by Crippen LogP contribution is -2.16. The van der Waals surface area contributed by atoms with Gasteiger partial charge in [0.1, 0.15) is 5.16 Å². The second kappa shape index (κ2) is 2.37. The topological polar surface area (TPSA) is 24.4 Å². The number of hydrogen-bond acceptors (Lipinski definition) is 2. The van der Waals surface area contributed by atoms with E-state index in [-0.39, 0.29) is 0 Å². The van der Waals surface area contributed by atoms with E-state index in [0.29, 0.717) is 16.9 Å². The summed E-state index contributed by atoms with van der Waals surface area (Å²) in [5.41, 5.74) is 0. The lowest BCUT2D eigenvalue weighted by molar-refractivity contribution is 0.972. The smallest absolute Gasteiger partial charge is 0.163 e. The van der Waals surface area contributed by atoms with Crippen molar-refractivity contribution in [1.82, 2.24) is 5.32 Å². The van der Waals surface area contributed by atoms with Crippen molar-refractivity contribution in [2.75, 3.05) is 6.54 Å². The van der Waals surface area contributed by atoms with Gasteiger partial charge in [-0.25, -0.2) is 4.99 Å². The molecule has 1 N–H and O–H groups in total. The summed E-state index contributed by atoms with van der Waals surface area (Å²) in [7, 11) is 0. The van der Waals surface area contributed by atoms with Gasteiger partial charge in [-0.3, -0.25) is 0 Å². The molecule has 0 amide bonds. The molecule has 8 heavy (non-hydrogen) atoms. The summed E-state index contributed by atoms with van der Waals surface area (Å²) in [6.07, 6.45) is 1.66. The average Bonchev–Trinajstić information content (AvgIpc) is 1.77. The number of rotatable bonds is 0. The summed E-state index contributed by atoms with van der Waals surface area (Å²) >= 11 is 10.9. The van der Waals surface area contributed by atoms with Gasteiger partial charge in [0.25, 0.3) is 0 Å². The van der Waals surface area contributed by atoms with Crippen LogP contribution in [0.5, 0.6) is 0 Å². The van der Waals surface area contributed by atoms with Crippen LogP contribution in [0.15, 0.2) is 15.3 Å². The van der Waals surface area contributed by atoms with Crippen molar-refractivity contribution in [3.8, 4) is 0 Å². The molecule has 0 aromatic carbocycles. The zero-order valence-corrected chi connectivity index (χ0v) is 5.50. The molecule has 0 unspecified atom stereocenters. The highest BCUT2D eigenvalue weighted by molar-refractivity contribution is 6.39. The predicted octanol–water partition coefficient (Wildman–Crippen LogP) is 1.26. The van der Waals surface area contributed by atoms with E-state index in [2.05, 4.69) is 10.3 Å². The summed E-state index contributed by atoms with van der Waals surface area (Å²) in [5, 5.41) is 3.55. The van der Waals surface area contributed by atoms with Crippen LogP contribution in [0.3, 0.4) is 0 Å². The van der Waals surface area contributed by atoms with Crippen molar-refractivity contribution in [1.29, 1.82) is 0 Å². The molecular formula is C4H4Cl2N2. The van der Waals surface area contributed by atoms with Gasteiger partial charge in [-0.2, -0.15) is 0 Å². The fourth-order valence-corrected chi connectivity index (χ4v) is 0.652. The molecule has 0 aromatic rings. The van der Waals surface area contributed by atoms with Crippen LogP contribution in [0.4, 0.5) is 0 Å². The molecule has 0 aromatic heterocycles. The van der Waals surface area contributed by atoms with Crippen LogP contribution < -0.4 is 5.32 Å². The molecule has 1 heterocycles. The van der Waals surface area contributed by atoms with Crippen molar-refractivity contribution >= 4 is 29.4 Å². The van der Waals surface area contributed by atoms with Crippen LogP contribution in [0.2, 0.25) is 0 Å². The monoisotopic (exact) mass is 150 g/mol. The van der Waals surface area contributed by atoms with Gasteiger partial charge in [0.05, 0.1) is 6.54 Å². The molecule has 4 heteroatoms. The summed E-state index contributed by atoms with van der Waals surface area (Å²) < 4.78 is 0. The molecule has 1 rings (SSSR count). The minimum atomic E-state index is 0.331. The third-order valence-electron chi connectivity index (χ3n) is 0.734. The lowest BCUT2D eigenvalue weighted by Gasteiger charge is -2.04. The first-order chi connectivity index (χ1) is 3.80. The molecular weight excluding hydrogens is 147 g/mol. The van der Waals surface area contributed by atoms with E-state index in [1.807, 2.05) is 0 Å². The molecule has 44 valence electrons. The van der Waals surface area contributed by atoms with Crippen molar-refractivity contribution in [3.63, 3.8) is 0 Å². The maximum Gasteiger partial charge on any atom is 0.163 e. The van der Waals surface area contributed by atoms with Gasteiger partial charge in [-0.1, -0.05) is 23.2 Å². The number of nitrogens with one attached hydrogen (secondary N) is 1. The van der Waals surface area contributed by atoms with Crippen LogP contribution in [-0.2, 0) is 0 Å². The SMILES string of the molecule is ClC1=C(Cl)NCC=N1. The molecule has 0 spiro atoms. The van der Waals surface area contributed by atoms with Gasteiger partial charge < -0.3 is 5.32 Å². The van der Waals surface area contributed by atoms with E-state index in [4.69, 9.17) is 23.2 Å². The highest BCUT2D eigenvalue weighted by atomic mass is 35.5. The van der Waals surface area contributed by atoms with E-state index in [9.17, 15) is 0 Å². The van der Waals surface area contributed by atoms with Crippen LogP contribution in [0, 0.1) is 0 Å². The molecule has 0 saturated heterocycles. The fourth-order valence-electron chi connectivity index (χ4n) is 0.391. The Morgan fingerprint density at radius 1 is 1.62 bits per heavy atom. The molecule has 0 bridgehead atoms. The van der Waals surface area contributed by atoms with E-state index < -0.39 is 0 Å². The van der Waals surface area contributed by atoms with Crippen LogP contribution >= 0.6 is 23.2 Å². The minimum absolute atomic E-state index is 0.331. The van der Waals surface area contributed by atoms with E-state index in [1.165, 1.54) is 0 Å². The van der Waals surface area contributed by atoms with Gasteiger partial charge in [-0.15, -0.1) is 0 Å². The van der Waals surface area contributed by atoms with E-state index in [0.717, 1.165) is 0 Å². The van der Waals surface area contributed by atoms with Crippen molar-refractivity contribution in [2.24, 2.45) is 4.99 Å². The number of aliphatic imine (C=N–C) groups is 1. The first-order valence-corrected chi connectivity index (χ1v) is 2.88. The zero-order valence-electron chi connectivity index (χ0n) is 3.99. The second-order valence-corrected chi connectivity index (χ2v) is 2.03. The van der Waals surface area contributed by atoms with E-state index >= 15 is 0 Å². The molecule has 2 nitrogen and oxygen atoms in total. The third-order valence-corrected chi connectivity index (χ3v) is 1.43. The highest BCUT2D eigenvalue weighted by Gasteiger charge is 2.00. The maximum absolute atomic E-state index is 5.49. The Balaban J connectivity index is 2.76. The van der Waals surface area contributed by atoms with E-state index in [1.54, 1.807) is 6.21 Å². The molecule has 0 saturated carbocycles. The number of halogens is 2.